The van der Waals surface area contributed by atoms with Crippen LogP contribution in [-0.2, 0) is 0 Å². The Morgan fingerprint density at radius 3 is 2.83 bits per heavy atom. The van der Waals surface area contributed by atoms with Crippen LogP contribution in [0.25, 0.3) is 16.8 Å². The minimum atomic E-state index is -0.0442. The third-order valence-corrected chi connectivity index (χ3v) is 3.49. The van der Waals surface area contributed by atoms with E-state index in [-0.39, 0.29) is 11.5 Å². The van der Waals surface area contributed by atoms with E-state index in [0.717, 1.165) is 21.2 Å². The largest absolute Gasteiger partial charge is 0.328 e. The highest BCUT2D eigenvalue weighted by Crippen LogP contribution is 2.20. The number of hydrogen-bond donors (Lipinski definition) is 1. The van der Waals surface area contributed by atoms with Crippen molar-refractivity contribution in [2.75, 3.05) is 0 Å². The van der Waals surface area contributed by atoms with Crippen LogP contribution in [0, 0.1) is 0 Å². The van der Waals surface area contributed by atoms with E-state index in [1.54, 1.807) is 10.5 Å². The van der Waals surface area contributed by atoms with Crippen LogP contribution in [0.2, 0.25) is 0 Å². The maximum atomic E-state index is 12.2. The number of aromatic nitrogens is 3. The van der Waals surface area contributed by atoms with Crippen LogP contribution < -0.4 is 5.56 Å². The monoisotopic (exact) mass is 305 g/mol. The van der Waals surface area contributed by atoms with Crippen molar-refractivity contribution in [3.05, 3.63) is 44.8 Å². The third-order valence-electron chi connectivity index (χ3n) is 2.99. The number of imidazole rings is 1. The molecule has 4 nitrogen and oxygen atoms in total. The molecule has 1 N–H and O–H groups in total. The van der Waals surface area contributed by atoms with Gasteiger partial charge in [0.25, 0.3) is 5.56 Å². The van der Waals surface area contributed by atoms with E-state index in [0.29, 0.717) is 5.78 Å². The summed E-state index contributed by atoms with van der Waals surface area (Å²) in [6.45, 7) is 4.09. The zero-order valence-corrected chi connectivity index (χ0v) is 11.7. The maximum absolute atomic E-state index is 12.2. The van der Waals surface area contributed by atoms with Crippen LogP contribution in [0.3, 0.4) is 0 Å². The molecular formula is C13H12BrN3O. The Bertz CT molecular complexity index is 801. The number of halogens is 1. The Balaban J connectivity index is 2.46. The maximum Gasteiger partial charge on any atom is 0.259 e. The van der Waals surface area contributed by atoms with E-state index in [2.05, 4.69) is 25.9 Å². The van der Waals surface area contributed by atoms with Gasteiger partial charge in [0.2, 0.25) is 5.78 Å². The molecule has 2 aromatic heterocycles. The summed E-state index contributed by atoms with van der Waals surface area (Å²) in [5.74, 6) is 0.869. The predicted octanol–water partition coefficient (Wildman–Crippen LogP) is 3.06. The number of fused-ring (bicyclic) bond motifs is 3. The van der Waals surface area contributed by atoms with Crippen LogP contribution in [0.4, 0.5) is 0 Å². The quantitative estimate of drug-likeness (QED) is 0.751. The van der Waals surface area contributed by atoms with E-state index in [1.807, 2.05) is 32.0 Å². The van der Waals surface area contributed by atoms with Gasteiger partial charge in [-0.3, -0.25) is 4.79 Å². The first-order chi connectivity index (χ1) is 8.56. The van der Waals surface area contributed by atoms with Gasteiger partial charge in [-0.15, -0.1) is 0 Å². The number of aromatic amines is 1. The van der Waals surface area contributed by atoms with E-state index in [9.17, 15) is 4.79 Å². The van der Waals surface area contributed by atoms with Crippen molar-refractivity contribution in [2.24, 2.45) is 0 Å². The first-order valence-electron chi connectivity index (χ1n) is 5.77. The first kappa shape index (κ1) is 11.5. The topological polar surface area (TPSA) is 50.2 Å². The summed E-state index contributed by atoms with van der Waals surface area (Å²) in [5, 5.41) is 0. The summed E-state index contributed by atoms with van der Waals surface area (Å²) in [5.41, 5.74) is 2.49. The molecule has 0 aliphatic carbocycles. The van der Waals surface area contributed by atoms with Crippen molar-refractivity contribution < 1.29 is 0 Å². The molecule has 0 aliphatic heterocycles. The molecule has 1 aromatic carbocycles. The molecule has 0 unspecified atom stereocenters. The summed E-state index contributed by atoms with van der Waals surface area (Å²) in [6, 6.07) is 7.35. The first-order valence-corrected chi connectivity index (χ1v) is 6.56. The van der Waals surface area contributed by atoms with Gasteiger partial charge in [-0.1, -0.05) is 29.8 Å². The highest BCUT2D eigenvalue weighted by Gasteiger charge is 2.10. The number of rotatable bonds is 1. The lowest BCUT2D eigenvalue weighted by Crippen LogP contribution is -2.14. The number of nitrogens with one attached hydrogen (secondary N) is 1. The fourth-order valence-corrected chi connectivity index (χ4v) is 2.38. The second-order valence-corrected chi connectivity index (χ2v) is 5.54. The highest BCUT2D eigenvalue weighted by atomic mass is 79.9. The Hall–Kier alpha value is -1.62. The van der Waals surface area contributed by atoms with E-state index in [4.69, 9.17) is 0 Å². The van der Waals surface area contributed by atoms with Crippen LogP contribution in [-0.4, -0.2) is 14.4 Å². The average molecular weight is 306 g/mol. The smallest absolute Gasteiger partial charge is 0.259 e. The molecule has 92 valence electrons. The molecular weight excluding hydrogens is 294 g/mol. The van der Waals surface area contributed by atoms with E-state index in [1.165, 1.54) is 0 Å². The van der Waals surface area contributed by atoms with Crippen LogP contribution in [0.1, 0.15) is 25.5 Å². The zero-order valence-electron chi connectivity index (χ0n) is 10.1. The molecule has 0 bridgehead atoms. The Labute approximate surface area is 112 Å². The minimum Gasteiger partial charge on any atom is -0.328 e. The van der Waals surface area contributed by atoms with Gasteiger partial charge in [0.15, 0.2) is 0 Å². The van der Waals surface area contributed by atoms with Gasteiger partial charge in [0.1, 0.15) is 0 Å². The summed E-state index contributed by atoms with van der Waals surface area (Å²) in [4.78, 5) is 19.8. The molecule has 0 aliphatic rings. The molecule has 0 atom stereocenters. The SMILES string of the molecule is CC(C)c1cc(=O)n2c(nc3cc(Br)ccc32)[nH]1. The second-order valence-electron chi connectivity index (χ2n) is 4.62. The van der Waals surface area contributed by atoms with Gasteiger partial charge in [0, 0.05) is 16.2 Å². The Kier molecular flexibility index (Phi) is 2.52. The molecule has 2 heterocycles. The van der Waals surface area contributed by atoms with Gasteiger partial charge < -0.3 is 4.98 Å². The molecule has 5 heteroatoms. The average Bonchev–Trinajstić information content (AvgIpc) is 2.66. The normalized spacial score (nSPS) is 11.8. The molecule has 3 aromatic rings. The lowest BCUT2D eigenvalue weighted by atomic mass is 10.1. The van der Waals surface area contributed by atoms with Gasteiger partial charge >= 0.3 is 0 Å². The van der Waals surface area contributed by atoms with E-state index >= 15 is 0 Å². The number of nitrogens with zero attached hydrogens (tertiary/aromatic N) is 2. The molecule has 0 saturated carbocycles. The van der Waals surface area contributed by atoms with Crippen molar-refractivity contribution in [3.63, 3.8) is 0 Å². The van der Waals surface area contributed by atoms with Crippen LogP contribution >= 0.6 is 15.9 Å². The molecule has 0 amide bonds. The summed E-state index contributed by atoms with van der Waals surface area (Å²) >= 11 is 3.41. The number of benzene rings is 1. The molecule has 0 spiro atoms. The fourth-order valence-electron chi connectivity index (χ4n) is 2.03. The Morgan fingerprint density at radius 1 is 1.33 bits per heavy atom. The van der Waals surface area contributed by atoms with Crippen LogP contribution in [0.15, 0.2) is 33.5 Å². The van der Waals surface area contributed by atoms with Gasteiger partial charge in [0.05, 0.1) is 11.0 Å². The Morgan fingerprint density at radius 2 is 2.11 bits per heavy atom. The lowest BCUT2D eigenvalue weighted by Gasteiger charge is -2.04. The highest BCUT2D eigenvalue weighted by molar-refractivity contribution is 9.10. The summed E-state index contributed by atoms with van der Waals surface area (Å²) in [7, 11) is 0. The summed E-state index contributed by atoms with van der Waals surface area (Å²) < 4.78 is 2.56. The van der Waals surface area contributed by atoms with Crippen molar-refractivity contribution in [2.45, 2.75) is 19.8 Å². The van der Waals surface area contributed by atoms with Gasteiger partial charge in [-0.05, 0) is 24.1 Å². The standard InChI is InChI=1S/C13H12BrN3O/c1-7(2)9-6-12(18)17-11-4-3-8(14)5-10(11)16-13(17)15-9/h3-7H,1-2H3,(H,15,16). The fraction of sp³-hybridized carbons (Fsp3) is 0.231. The predicted molar refractivity (Wildman–Crippen MR) is 75.1 cm³/mol. The van der Waals surface area contributed by atoms with Crippen molar-refractivity contribution >= 4 is 32.7 Å². The minimum absolute atomic E-state index is 0.0442. The van der Waals surface area contributed by atoms with Crippen molar-refractivity contribution in [1.82, 2.24) is 14.4 Å². The third kappa shape index (κ3) is 1.66. The molecule has 0 saturated heterocycles. The van der Waals surface area contributed by atoms with E-state index < -0.39 is 0 Å². The molecule has 0 radical (unpaired) electrons. The van der Waals surface area contributed by atoms with Gasteiger partial charge in [-0.2, -0.15) is 0 Å². The molecule has 18 heavy (non-hydrogen) atoms. The summed E-state index contributed by atoms with van der Waals surface area (Å²) in [6.07, 6.45) is 0. The molecule has 3 rings (SSSR count). The lowest BCUT2D eigenvalue weighted by molar-refractivity contribution is 0.812. The zero-order chi connectivity index (χ0) is 12.9. The number of hydrogen-bond acceptors (Lipinski definition) is 2. The van der Waals surface area contributed by atoms with Crippen molar-refractivity contribution in [3.8, 4) is 0 Å². The molecule has 0 fully saturated rings. The second kappa shape index (κ2) is 3.95. The van der Waals surface area contributed by atoms with Crippen LogP contribution in [0.5, 0.6) is 0 Å². The van der Waals surface area contributed by atoms with Crippen molar-refractivity contribution in [1.29, 1.82) is 0 Å². The number of H-pyrrole nitrogens is 1. The van der Waals surface area contributed by atoms with Gasteiger partial charge in [-0.25, -0.2) is 9.38 Å².